The van der Waals surface area contributed by atoms with Gasteiger partial charge in [-0.3, -0.25) is 0 Å². The van der Waals surface area contributed by atoms with E-state index in [-0.39, 0.29) is 0 Å². The predicted octanol–water partition coefficient (Wildman–Crippen LogP) is 3.16. The molecule has 1 heterocycles. The normalized spacial score (nSPS) is 11.2. The Kier molecular flexibility index (Phi) is 3.44. The lowest BCUT2D eigenvalue weighted by Gasteiger charge is -2.10. The molecule has 0 aliphatic rings. The van der Waals surface area contributed by atoms with Gasteiger partial charge in [-0.15, -0.1) is 0 Å². The van der Waals surface area contributed by atoms with Crippen LogP contribution in [0.25, 0.3) is 22.2 Å². The van der Waals surface area contributed by atoms with E-state index in [1.165, 1.54) is 5.56 Å². The van der Waals surface area contributed by atoms with Crippen LogP contribution < -0.4 is 0 Å². The second-order valence-corrected chi connectivity index (χ2v) is 5.12. The molecular weight excluding hydrogens is 246 g/mol. The number of hydrogen-bond donors (Lipinski definition) is 0. The van der Waals surface area contributed by atoms with Crippen molar-refractivity contribution in [1.82, 2.24) is 14.9 Å². The number of hydrogen-bond acceptors (Lipinski definition) is 3. The van der Waals surface area contributed by atoms with Crippen LogP contribution >= 0.6 is 0 Å². The minimum absolute atomic E-state index is 0.926. The maximum atomic E-state index is 4.32. The highest BCUT2D eigenvalue weighted by Crippen LogP contribution is 2.25. The molecule has 0 aliphatic heterocycles. The Morgan fingerprint density at radius 3 is 2.45 bits per heavy atom. The molecule has 0 bridgehead atoms. The van der Waals surface area contributed by atoms with Crippen LogP contribution in [0, 0.1) is 6.33 Å². The Balaban J connectivity index is 2.03. The van der Waals surface area contributed by atoms with E-state index in [0.29, 0.717) is 0 Å². The van der Waals surface area contributed by atoms with Gasteiger partial charge < -0.3 is 4.90 Å². The summed E-state index contributed by atoms with van der Waals surface area (Å²) in [4.78, 5) is 10.7. The van der Waals surface area contributed by atoms with Gasteiger partial charge in [0, 0.05) is 17.5 Å². The number of rotatable bonds is 3. The lowest BCUT2D eigenvalue weighted by Crippen LogP contribution is -2.10. The molecule has 0 saturated carbocycles. The van der Waals surface area contributed by atoms with E-state index >= 15 is 0 Å². The average Bonchev–Trinajstić information content (AvgIpc) is 2.47. The fourth-order valence-corrected chi connectivity index (χ4v) is 2.31. The SMILES string of the molecule is CN(C)Cc1ccc(-c2n[c]nc3ccccc23)cc1. The maximum Gasteiger partial charge on any atom is 0.198 e. The summed E-state index contributed by atoms with van der Waals surface area (Å²) in [6, 6.07) is 16.5. The second kappa shape index (κ2) is 5.39. The van der Waals surface area contributed by atoms with E-state index < -0.39 is 0 Å². The minimum Gasteiger partial charge on any atom is -0.305 e. The molecule has 99 valence electrons. The molecule has 3 aromatic rings. The molecule has 0 amide bonds. The molecule has 3 nitrogen and oxygen atoms in total. The molecule has 3 heteroatoms. The molecule has 0 saturated heterocycles. The fourth-order valence-electron chi connectivity index (χ4n) is 2.31. The van der Waals surface area contributed by atoms with Crippen molar-refractivity contribution in [2.24, 2.45) is 0 Å². The van der Waals surface area contributed by atoms with E-state index in [4.69, 9.17) is 0 Å². The van der Waals surface area contributed by atoms with E-state index in [2.05, 4.69) is 59.6 Å². The topological polar surface area (TPSA) is 29.0 Å². The van der Waals surface area contributed by atoms with E-state index in [1.807, 2.05) is 24.3 Å². The Hall–Kier alpha value is -2.26. The maximum absolute atomic E-state index is 4.32. The zero-order valence-electron chi connectivity index (χ0n) is 11.7. The zero-order chi connectivity index (χ0) is 13.9. The van der Waals surface area contributed by atoms with Crippen LogP contribution in [0.5, 0.6) is 0 Å². The van der Waals surface area contributed by atoms with Crippen molar-refractivity contribution in [3.8, 4) is 11.3 Å². The van der Waals surface area contributed by atoms with Gasteiger partial charge in [0.2, 0.25) is 0 Å². The van der Waals surface area contributed by atoms with Gasteiger partial charge in [-0.2, -0.15) is 0 Å². The number of aromatic nitrogens is 2. The molecule has 3 rings (SSSR count). The van der Waals surface area contributed by atoms with Crippen LogP contribution in [0.4, 0.5) is 0 Å². The van der Waals surface area contributed by atoms with Crippen molar-refractivity contribution in [1.29, 1.82) is 0 Å². The van der Waals surface area contributed by atoms with Gasteiger partial charge in [-0.1, -0.05) is 42.5 Å². The lowest BCUT2D eigenvalue weighted by molar-refractivity contribution is 0.402. The van der Waals surface area contributed by atoms with Crippen molar-refractivity contribution in [3.05, 3.63) is 60.4 Å². The smallest absolute Gasteiger partial charge is 0.198 e. The van der Waals surface area contributed by atoms with Gasteiger partial charge in [0.1, 0.15) is 0 Å². The summed E-state index contributed by atoms with van der Waals surface area (Å²) >= 11 is 0. The fraction of sp³-hybridized carbons (Fsp3) is 0.176. The van der Waals surface area contributed by atoms with Gasteiger partial charge in [0.05, 0.1) is 11.2 Å². The first-order valence-corrected chi connectivity index (χ1v) is 6.61. The van der Waals surface area contributed by atoms with E-state index in [9.17, 15) is 0 Å². The van der Waals surface area contributed by atoms with Crippen molar-refractivity contribution in [3.63, 3.8) is 0 Å². The van der Waals surface area contributed by atoms with Crippen LogP contribution in [0.3, 0.4) is 0 Å². The largest absolute Gasteiger partial charge is 0.305 e. The molecule has 0 fully saturated rings. The van der Waals surface area contributed by atoms with Gasteiger partial charge in [-0.05, 0) is 25.7 Å². The van der Waals surface area contributed by atoms with Crippen molar-refractivity contribution in [2.75, 3.05) is 14.1 Å². The van der Waals surface area contributed by atoms with Gasteiger partial charge in [-0.25, -0.2) is 9.97 Å². The third-order valence-electron chi connectivity index (χ3n) is 3.22. The molecule has 0 unspecified atom stereocenters. The third kappa shape index (κ3) is 2.53. The van der Waals surface area contributed by atoms with Gasteiger partial charge >= 0.3 is 0 Å². The average molecular weight is 262 g/mol. The monoisotopic (exact) mass is 262 g/mol. The summed E-state index contributed by atoms with van der Waals surface area (Å²) in [6.45, 7) is 0.941. The summed E-state index contributed by atoms with van der Waals surface area (Å²) in [7, 11) is 4.14. The molecular formula is C17H16N3. The molecule has 0 aliphatic carbocycles. The number of nitrogens with zero attached hydrogens (tertiary/aromatic N) is 3. The summed E-state index contributed by atoms with van der Waals surface area (Å²) in [6.07, 6.45) is 2.74. The number of para-hydroxylation sites is 1. The van der Waals surface area contributed by atoms with Gasteiger partial charge in [0.25, 0.3) is 0 Å². The van der Waals surface area contributed by atoms with Crippen LogP contribution in [0.2, 0.25) is 0 Å². The highest BCUT2D eigenvalue weighted by Gasteiger charge is 2.06. The minimum atomic E-state index is 0.926. The Labute approximate surface area is 118 Å². The molecule has 0 N–H and O–H groups in total. The van der Waals surface area contributed by atoms with Crippen LogP contribution in [0.15, 0.2) is 48.5 Å². The zero-order valence-corrected chi connectivity index (χ0v) is 11.7. The molecule has 20 heavy (non-hydrogen) atoms. The molecule has 0 atom stereocenters. The second-order valence-electron chi connectivity index (χ2n) is 5.12. The third-order valence-corrected chi connectivity index (χ3v) is 3.22. The van der Waals surface area contributed by atoms with Crippen LogP contribution in [-0.4, -0.2) is 29.0 Å². The van der Waals surface area contributed by atoms with Crippen LogP contribution in [0.1, 0.15) is 5.56 Å². The number of fused-ring (bicyclic) bond motifs is 1. The summed E-state index contributed by atoms with van der Waals surface area (Å²) < 4.78 is 0. The molecule has 1 aromatic heterocycles. The first-order valence-electron chi connectivity index (χ1n) is 6.61. The Bertz CT molecular complexity index is 712. The summed E-state index contributed by atoms with van der Waals surface area (Å²) in [5.41, 5.74) is 4.25. The highest BCUT2D eigenvalue weighted by atomic mass is 15.0. The van der Waals surface area contributed by atoms with Crippen molar-refractivity contribution in [2.45, 2.75) is 6.54 Å². The molecule has 0 spiro atoms. The quantitative estimate of drug-likeness (QED) is 0.726. The standard InChI is InChI=1S/C17H16N3/c1-20(2)11-13-7-9-14(10-8-13)17-15-5-3-4-6-16(15)18-12-19-17/h3-10H,11H2,1-2H3. The lowest BCUT2D eigenvalue weighted by atomic mass is 10.0. The first kappa shape index (κ1) is 12.8. The van der Waals surface area contributed by atoms with Crippen molar-refractivity contribution < 1.29 is 0 Å². The van der Waals surface area contributed by atoms with Crippen LogP contribution in [-0.2, 0) is 6.54 Å². The number of benzene rings is 2. The molecule has 1 radical (unpaired) electrons. The predicted molar refractivity (Wildman–Crippen MR) is 81.2 cm³/mol. The van der Waals surface area contributed by atoms with E-state index in [1.54, 1.807) is 0 Å². The summed E-state index contributed by atoms with van der Waals surface area (Å²) in [5.74, 6) is 0. The Morgan fingerprint density at radius 1 is 0.950 bits per heavy atom. The highest BCUT2D eigenvalue weighted by molar-refractivity contribution is 5.91. The van der Waals surface area contributed by atoms with E-state index in [0.717, 1.165) is 28.7 Å². The summed E-state index contributed by atoms with van der Waals surface area (Å²) in [5, 5.41) is 1.06. The van der Waals surface area contributed by atoms with Crippen molar-refractivity contribution >= 4 is 10.9 Å². The van der Waals surface area contributed by atoms with Gasteiger partial charge in [0.15, 0.2) is 6.33 Å². The first-order chi connectivity index (χ1) is 9.74. The Morgan fingerprint density at radius 2 is 1.70 bits per heavy atom. The molecule has 2 aromatic carbocycles.